The maximum absolute atomic E-state index is 11.5. The summed E-state index contributed by atoms with van der Waals surface area (Å²) in [6, 6.07) is 2.81. The molecular formula is C12H13N3O3. The van der Waals surface area contributed by atoms with E-state index >= 15 is 0 Å². The summed E-state index contributed by atoms with van der Waals surface area (Å²) in [5, 5.41) is 2.26. The van der Waals surface area contributed by atoms with Gasteiger partial charge < -0.3 is 4.90 Å². The van der Waals surface area contributed by atoms with Crippen LogP contribution in [0.5, 0.6) is 0 Å². The second-order valence-electron chi connectivity index (χ2n) is 4.18. The normalized spacial score (nSPS) is 19.7. The Morgan fingerprint density at radius 1 is 1.44 bits per heavy atom. The molecule has 94 valence electrons. The molecule has 1 saturated heterocycles. The van der Waals surface area contributed by atoms with Crippen molar-refractivity contribution in [2.75, 3.05) is 11.4 Å². The average Bonchev–Trinajstić information content (AvgIpc) is 2.34. The van der Waals surface area contributed by atoms with E-state index in [0.717, 1.165) is 0 Å². The average molecular weight is 247 g/mol. The van der Waals surface area contributed by atoms with Gasteiger partial charge in [-0.25, -0.2) is 4.98 Å². The van der Waals surface area contributed by atoms with Gasteiger partial charge in [-0.1, -0.05) is 0 Å². The number of nitrogens with one attached hydrogen (secondary N) is 1. The lowest BCUT2D eigenvalue weighted by atomic mass is 10.1. The molecule has 1 atom stereocenters. The van der Waals surface area contributed by atoms with E-state index in [1.54, 1.807) is 24.0 Å². The summed E-state index contributed by atoms with van der Waals surface area (Å²) in [5.41, 5.74) is 0.499. The topological polar surface area (TPSA) is 79.4 Å². The molecule has 1 aromatic rings. The fourth-order valence-electron chi connectivity index (χ4n) is 1.76. The van der Waals surface area contributed by atoms with Gasteiger partial charge in [-0.15, -0.1) is 0 Å². The molecule has 0 bridgehead atoms. The summed E-state index contributed by atoms with van der Waals surface area (Å²) in [7, 11) is 0. The van der Waals surface area contributed by atoms with Crippen LogP contribution in [-0.2, 0) is 9.59 Å². The van der Waals surface area contributed by atoms with E-state index in [4.69, 9.17) is 0 Å². The van der Waals surface area contributed by atoms with Gasteiger partial charge in [0.25, 0.3) is 0 Å². The summed E-state index contributed by atoms with van der Waals surface area (Å²) in [6.45, 7) is 3.23. The van der Waals surface area contributed by atoms with E-state index in [1.165, 1.54) is 13.1 Å². The van der Waals surface area contributed by atoms with Crippen molar-refractivity contribution in [3.63, 3.8) is 0 Å². The van der Waals surface area contributed by atoms with E-state index in [1.807, 2.05) is 0 Å². The quantitative estimate of drug-likeness (QED) is 0.594. The van der Waals surface area contributed by atoms with E-state index < -0.39 is 6.04 Å². The van der Waals surface area contributed by atoms with Crippen molar-refractivity contribution in [2.45, 2.75) is 19.9 Å². The third-order valence-electron chi connectivity index (χ3n) is 2.87. The van der Waals surface area contributed by atoms with E-state index in [9.17, 15) is 14.4 Å². The molecule has 0 radical (unpaired) electrons. The van der Waals surface area contributed by atoms with Gasteiger partial charge in [0.15, 0.2) is 5.78 Å². The van der Waals surface area contributed by atoms with Crippen molar-refractivity contribution in [1.82, 2.24) is 10.3 Å². The third-order valence-corrected chi connectivity index (χ3v) is 2.87. The molecule has 0 aliphatic carbocycles. The molecule has 0 aromatic carbocycles. The monoisotopic (exact) mass is 247 g/mol. The highest BCUT2D eigenvalue weighted by Gasteiger charge is 2.30. The zero-order valence-corrected chi connectivity index (χ0v) is 10.1. The van der Waals surface area contributed by atoms with Gasteiger partial charge in [0.1, 0.15) is 11.9 Å². The number of aromatic nitrogens is 1. The van der Waals surface area contributed by atoms with Crippen molar-refractivity contribution >= 4 is 23.4 Å². The Hall–Kier alpha value is -2.24. The van der Waals surface area contributed by atoms with Crippen LogP contribution in [0.25, 0.3) is 0 Å². The van der Waals surface area contributed by atoms with E-state index in [-0.39, 0.29) is 24.1 Å². The molecule has 1 N–H and O–H groups in total. The number of hydrogen-bond donors (Lipinski definition) is 1. The minimum Gasteiger partial charge on any atom is -0.336 e. The molecule has 6 heteroatoms. The fourth-order valence-corrected chi connectivity index (χ4v) is 1.76. The Morgan fingerprint density at radius 3 is 2.72 bits per heavy atom. The molecule has 1 aliphatic rings. The SMILES string of the molecule is CC(=O)c1ccc(N2CC(=O)NC(=O)C2C)nc1. The largest absolute Gasteiger partial charge is 0.336 e. The van der Waals surface area contributed by atoms with Gasteiger partial charge in [-0.2, -0.15) is 0 Å². The maximum atomic E-state index is 11.5. The van der Waals surface area contributed by atoms with Crippen LogP contribution in [0, 0.1) is 0 Å². The van der Waals surface area contributed by atoms with Crippen molar-refractivity contribution < 1.29 is 14.4 Å². The zero-order chi connectivity index (χ0) is 13.3. The van der Waals surface area contributed by atoms with E-state index in [2.05, 4.69) is 10.3 Å². The van der Waals surface area contributed by atoms with Crippen LogP contribution in [0.1, 0.15) is 24.2 Å². The van der Waals surface area contributed by atoms with Crippen molar-refractivity contribution in [3.8, 4) is 0 Å². The zero-order valence-electron chi connectivity index (χ0n) is 10.1. The van der Waals surface area contributed by atoms with Crippen molar-refractivity contribution in [3.05, 3.63) is 23.9 Å². The Morgan fingerprint density at radius 2 is 2.17 bits per heavy atom. The first-order valence-corrected chi connectivity index (χ1v) is 5.56. The molecule has 2 amide bonds. The number of pyridine rings is 1. The summed E-state index contributed by atoms with van der Waals surface area (Å²) >= 11 is 0. The first kappa shape index (κ1) is 12.2. The first-order valence-electron chi connectivity index (χ1n) is 5.56. The Balaban J connectivity index is 2.27. The number of nitrogens with zero attached hydrogens (tertiary/aromatic N) is 2. The fraction of sp³-hybridized carbons (Fsp3) is 0.333. The van der Waals surface area contributed by atoms with Crippen LogP contribution in [0.3, 0.4) is 0 Å². The van der Waals surface area contributed by atoms with E-state index in [0.29, 0.717) is 11.4 Å². The number of ketones is 1. The number of carbonyl (C=O) groups is 3. The van der Waals surface area contributed by atoms with Gasteiger partial charge in [-0.05, 0) is 26.0 Å². The van der Waals surface area contributed by atoms with Crippen LogP contribution in [-0.4, -0.2) is 35.2 Å². The second kappa shape index (κ2) is 4.56. The number of Topliss-reactive ketones (excluding diaryl/α,β-unsaturated/α-hetero) is 1. The minimum absolute atomic E-state index is 0.0745. The number of amides is 2. The van der Waals surface area contributed by atoms with Gasteiger partial charge in [0.05, 0.1) is 6.54 Å². The summed E-state index contributed by atoms with van der Waals surface area (Å²) in [5.74, 6) is -0.260. The lowest BCUT2D eigenvalue weighted by Crippen LogP contribution is -2.57. The Labute approximate surface area is 104 Å². The molecule has 0 spiro atoms. The number of rotatable bonds is 2. The van der Waals surface area contributed by atoms with Crippen LogP contribution in [0.15, 0.2) is 18.3 Å². The highest BCUT2D eigenvalue weighted by molar-refractivity contribution is 6.04. The molecular weight excluding hydrogens is 234 g/mol. The predicted molar refractivity (Wildman–Crippen MR) is 64.2 cm³/mol. The summed E-state index contributed by atoms with van der Waals surface area (Å²) in [4.78, 5) is 39.7. The third kappa shape index (κ3) is 2.22. The van der Waals surface area contributed by atoms with Crippen LogP contribution < -0.4 is 10.2 Å². The van der Waals surface area contributed by atoms with Crippen LogP contribution >= 0.6 is 0 Å². The smallest absolute Gasteiger partial charge is 0.249 e. The maximum Gasteiger partial charge on any atom is 0.249 e. The highest BCUT2D eigenvalue weighted by atomic mass is 16.2. The molecule has 18 heavy (non-hydrogen) atoms. The Kier molecular flexibility index (Phi) is 3.10. The second-order valence-corrected chi connectivity index (χ2v) is 4.18. The minimum atomic E-state index is -0.460. The lowest BCUT2D eigenvalue weighted by Gasteiger charge is -2.32. The van der Waals surface area contributed by atoms with Gasteiger partial charge in [0.2, 0.25) is 11.8 Å². The number of anilines is 1. The Bertz CT molecular complexity index is 510. The number of imide groups is 1. The lowest BCUT2D eigenvalue weighted by molar-refractivity contribution is -0.132. The molecule has 2 heterocycles. The summed E-state index contributed by atoms with van der Waals surface area (Å²) < 4.78 is 0. The standard InChI is InChI=1S/C12H13N3O3/c1-7-12(18)14-11(17)6-15(7)10-4-3-9(5-13-10)8(2)16/h3-5,7H,6H2,1-2H3,(H,14,17,18). The molecule has 1 fully saturated rings. The van der Waals surface area contributed by atoms with Crippen LogP contribution in [0.4, 0.5) is 5.82 Å². The molecule has 1 aromatic heterocycles. The van der Waals surface area contributed by atoms with Crippen molar-refractivity contribution in [1.29, 1.82) is 0 Å². The number of hydrogen-bond acceptors (Lipinski definition) is 5. The highest BCUT2D eigenvalue weighted by Crippen LogP contribution is 2.16. The molecule has 1 aliphatic heterocycles. The van der Waals surface area contributed by atoms with Gasteiger partial charge in [0, 0.05) is 11.8 Å². The first-order chi connectivity index (χ1) is 8.49. The molecule has 1 unspecified atom stereocenters. The molecule has 6 nitrogen and oxygen atoms in total. The van der Waals surface area contributed by atoms with Crippen LogP contribution in [0.2, 0.25) is 0 Å². The number of piperazine rings is 1. The van der Waals surface area contributed by atoms with Gasteiger partial charge in [-0.3, -0.25) is 19.7 Å². The summed E-state index contributed by atoms with van der Waals surface area (Å²) in [6.07, 6.45) is 1.45. The number of carbonyl (C=O) groups excluding carboxylic acids is 3. The molecule has 0 saturated carbocycles. The predicted octanol–water partition coefficient (Wildman–Crippen LogP) is 0.135. The van der Waals surface area contributed by atoms with Gasteiger partial charge >= 0.3 is 0 Å². The van der Waals surface area contributed by atoms with Crippen molar-refractivity contribution in [2.24, 2.45) is 0 Å². The molecule has 2 rings (SSSR count).